The Morgan fingerprint density at radius 3 is 2.38 bits per heavy atom. The molecule has 1 N–H and O–H groups in total. The molecule has 1 aromatic rings. The van der Waals surface area contributed by atoms with Crippen molar-refractivity contribution < 1.29 is 14.3 Å². The molecule has 0 unspecified atom stereocenters. The summed E-state index contributed by atoms with van der Waals surface area (Å²) >= 11 is 0. The van der Waals surface area contributed by atoms with Crippen LogP contribution in [-0.4, -0.2) is 36.0 Å². The summed E-state index contributed by atoms with van der Waals surface area (Å²) < 4.78 is 5.20. The predicted molar refractivity (Wildman–Crippen MR) is 80.0 cm³/mol. The first kappa shape index (κ1) is 15.4. The van der Waals surface area contributed by atoms with Crippen LogP contribution in [-0.2, 0) is 4.79 Å². The van der Waals surface area contributed by atoms with Gasteiger partial charge in [-0.2, -0.15) is 0 Å². The van der Waals surface area contributed by atoms with Crippen LogP contribution in [0.25, 0.3) is 0 Å². The molecule has 1 aliphatic heterocycles. The maximum atomic E-state index is 11.9. The lowest BCUT2D eigenvalue weighted by atomic mass is 10.0. The molecule has 0 atom stereocenters. The Balaban J connectivity index is 1.76. The first-order valence-corrected chi connectivity index (χ1v) is 7.38. The van der Waals surface area contributed by atoms with Gasteiger partial charge in [0.25, 0.3) is 0 Å². The van der Waals surface area contributed by atoms with Crippen LogP contribution >= 0.6 is 0 Å². The Morgan fingerprint density at radius 1 is 1.19 bits per heavy atom. The third kappa shape index (κ3) is 4.48. The highest BCUT2D eigenvalue weighted by Crippen LogP contribution is 2.14. The Labute approximate surface area is 125 Å². The molecular formula is C16H22N2O3. The lowest BCUT2D eigenvalue weighted by Gasteiger charge is -2.33. The van der Waals surface area contributed by atoms with E-state index in [1.165, 1.54) is 0 Å². The number of hydrogen-bond acceptors (Lipinski definition) is 3. The van der Waals surface area contributed by atoms with Gasteiger partial charge in [-0.3, -0.25) is 4.79 Å². The van der Waals surface area contributed by atoms with Crippen molar-refractivity contribution >= 4 is 12.0 Å². The van der Waals surface area contributed by atoms with Gasteiger partial charge in [-0.15, -0.1) is 0 Å². The number of piperidine rings is 1. The van der Waals surface area contributed by atoms with Crippen LogP contribution in [0, 0.1) is 5.92 Å². The molecule has 1 aliphatic rings. The van der Waals surface area contributed by atoms with E-state index in [4.69, 9.17) is 4.74 Å². The molecule has 0 aromatic heterocycles. The average Bonchev–Trinajstić information content (AvgIpc) is 2.48. The molecule has 5 heteroatoms. The first-order valence-electron chi connectivity index (χ1n) is 7.38. The lowest BCUT2D eigenvalue weighted by Crippen LogP contribution is -2.48. The molecule has 1 aromatic carbocycles. The van der Waals surface area contributed by atoms with Gasteiger partial charge in [0.2, 0.25) is 5.91 Å². The maximum Gasteiger partial charge on any atom is 0.412 e. The lowest BCUT2D eigenvalue weighted by molar-refractivity contribution is -0.135. The van der Waals surface area contributed by atoms with Gasteiger partial charge in [0.1, 0.15) is 5.75 Å². The van der Waals surface area contributed by atoms with Gasteiger partial charge in [0.15, 0.2) is 0 Å². The van der Waals surface area contributed by atoms with E-state index in [9.17, 15) is 9.59 Å². The summed E-state index contributed by atoms with van der Waals surface area (Å²) in [6.07, 6.45) is 1.10. The highest BCUT2D eigenvalue weighted by molar-refractivity contribution is 5.78. The zero-order chi connectivity index (χ0) is 15.2. The van der Waals surface area contributed by atoms with Gasteiger partial charge in [0.05, 0.1) is 0 Å². The second-order valence-electron chi connectivity index (χ2n) is 5.60. The minimum atomic E-state index is -0.435. The van der Waals surface area contributed by atoms with Crippen LogP contribution in [0.3, 0.4) is 0 Å². The zero-order valence-electron chi connectivity index (χ0n) is 12.5. The number of para-hydroxylation sites is 1. The summed E-state index contributed by atoms with van der Waals surface area (Å²) in [5.41, 5.74) is 0. The molecule has 0 spiro atoms. The van der Waals surface area contributed by atoms with Crippen LogP contribution in [0.15, 0.2) is 30.3 Å². The minimum absolute atomic E-state index is 0.0255. The molecule has 1 heterocycles. The molecule has 0 radical (unpaired) electrons. The summed E-state index contributed by atoms with van der Waals surface area (Å²) in [7, 11) is 0. The molecular weight excluding hydrogens is 268 g/mol. The number of hydrogen-bond donors (Lipinski definition) is 1. The molecule has 1 saturated heterocycles. The molecule has 0 aliphatic carbocycles. The van der Waals surface area contributed by atoms with E-state index in [2.05, 4.69) is 5.32 Å². The fraction of sp³-hybridized carbons (Fsp3) is 0.500. The van der Waals surface area contributed by atoms with Gasteiger partial charge in [0, 0.05) is 25.0 Å². The topological polar surface area (TPSA) is 58.6 Å². The third-order valence-electron chi connectivity index (χ3n) is 3.58. The van der Waals surface area contributed by atoms with Crippen LogP contribution in [0.2, 0.25) is 0 Å². The van der Waals surface area contributed by atoms with E-state index in [0.717, 1.165) is 12.8 Å². The van der Waals surface area contributed by atoms with E-state index in [0.29, 0.717) is 18.8 Å². The van der Waals surface area contributed by atoms with Crippen LogP contribution < -0.4 is 10.1 Å². The number of nitrogens with one attached hydrogen (secondary N) is 1. The monoisotopic (exact) mass is 290 g/mol. The fourth-order valence-electron chi connectivity index (χ4n) is 2.40. The SMILES string of the molecule is CC(C)C(=O)N1CCC(NC(=O)Oc2ccccc2)CC1. The standard InChI is InChI=1S/C16H22N2O3/c1-12(2)15(19)18-10-8-13(9-11-18)17-16(20)21-14-6-4-3-5-7-14/h3-7,12-13H,8-11H2,1-2H3,(H,17,20). The second kappa shape index (κ2) is 7.11. The van der Waals surface area contributed by atoms with Crippen molar-refractivity contribution in [2.75, 3.05) is 13.1 Å². The van der Waals surface area contributed by atoms with Gasteiger partial charge < -0.3 is 15.0 Å². The van der Waals surface area contributed by atoms with E-state index < -0.39 is 6.09 Å². The van der Waals surface area contributed by atoms with Gasteiger partial charge in [-0.05, 0) is 25.0 Å². The van der Waals surface area contributed by atoms with Crippen LogP contribution in [0.1, 0.15) is 26.7 Å². The maximum absolute atomic E-state index is 11.9. The van der Waals surface area contributed by atoms with Gasteiger partial charge in [-0.1, -0.05) is 32.0 Å². The minimum Gasteiger partial charge on any atom is -0.410 e. The van der Waals surface area contributed by atoms with E-state index in [1.807, 2.05) is 36.9 Å². The molecule has 1 fully saturated rings. The number of likely N-dealkylation sites (tertiary alicyclic amines) is 1. The first-order chi connectivity index (χ1) is 10.1. The van der Waals surface area contributed by atoms with Gasteiger partial charge in [-0.25, -0.2) is 4.79 Å². The largest absolute Gasteiger partial charge is 0.412 e. The number of benzene rings is 1. The van der Waals surface area contributed by atoms with Crippen molar-refractivity contribution in [2.45, 2.75) is 32.7 Å². The Kier molecular flexibility index (Phi) is 5.20. The Bertz CT molecular complexity index is 480. The summed E-state index contributed by atoms with van der Waals surface area (Å²) in [4.78, 5) is 25.5. The highest BCUT2D eigenvalue weighted by Gasteiger charge is 2.25. The smallest absolute Gasteiger partial charge is 0.410 e. The molecule has 0 bridgehead atoms. The van der Waals surface area contributed by atoms with E-state index >= 15 is 0 Å². The normalized spacial score (nSPS) is 15.9. The van der Waals surface area contributed by atoms with Crippen molar-refractivity contribution in [3.8, 4) is 5.75 Å². The second-order valence-corrected chi connectivity index (χ2v) is 5.60. The number of carbonyl (C=O) groups is 2. The number of carbonyl (C=O) groups excluding carboxylic acids is 2. The van der Waals surface area contributed by atoms with Gasteiger partial charge >= 0.3 is 6.09 Å². The average molecular weight is 290 g/mol. The zero-order valence-corrected chi connectivity index (χ0v) is 12.5. The summed E-state index contributed by atoms with van der Waals surface area (Å²) in [5, 5.41) is 2.86. The quantitative estimate of drug-likeness (QED) is 0.930. The molecule has 5 nitrogen and oxygen atoms in total. The number of ether oxygens (including phenoxy) is 1. The van der Waals surface area contributed by atoms with Crippen LogP contribution in [0.4, 0.5) is 4.79 Å². The molecule has 114 valence electrons. The summed E-state index contributed by atoms with van der Waals surface area (Å²) in [5.74, 6) is 0.736. The highest BCUT2D eigenvalue weighted by atomic mass is 16.6. The number of nitrogens with zero attached hydrogens (tertiary/aromatic N) is 1. The third-order valence-corrected chi connectivity index (χ3v) is 3.58. The molecule has 0 saturated carbocycles. The molecule has 21 heavy (non-hydrogen) atoms. The van der Waals surface area contributed by atoms with Crippen molar-refractivity contribution in [1.29, 1.82) is 0 Å². The fourth-order valence-corrected chi connectivity index (χ4v) is 2.40. The number of amides is 2. The summed E-state index contributed by atoms with van der Waals surface area (Å²) in [6, 6.07) is 9.05. The van der Waals surface area contributed by atoms with E-state index in [-0.39, 0.29) is 17.9 Å². The Hall–Kier alpha value is -2.04. The van der Waals surface area contributed by atoms with Crippen molar-refractivity contribution in [2.24, 2.45) is 5.92 Å². The van der Waals surface area contributed by atoms with Crippen molar-refractivity contribution in [3.63, 3.8) is 0 Å². The molecule has 2 rings (SSSR count). The Morgan fingerprint density at radius 2 is 1.81 bits per heavy atom. The molecule has 2 amide bonds. The van der Waals surface area contributed by atoms with Crippen LogP contribution in [0.5, 0.6) is 5.75 Å². The predicted octanol–water partition coefficient (Wildman–Crippen LogP) is 2.42. The summed E-state index contributed by atoms with van der Waals surface area (Å²) in [6.45, 7) is 5.19. The number of rotatable bonds is 3. The van der Waals surface area contributed by atoms with E-state index in [1.54, 1.807) is 12.1 Å². The van der Waals surface area contributed by atoms with Crippen molar-refractivity contribution in [1.82, 2.24) is 10.2 Å². The van der Waals surface area contributed by atoms with Crippen molar-refractivity contribution in [3.05, 3.63) is 30.3 Å².